The van der Waals surface area contributed by atoms with Gasteiger partial charge < -0.3 is 0 Å². The lowest BCUT2D eigenvalue weighted by molar-refractivity contribution is -0.384. The standard InChI is InChI=1S/C16H22N2O3S/c1-15(2,3)22(21)17-14-8-9-16(4,5)13-7-6-11(18(19)20)10-12(13)14/h6-7,10H,8-9H2,1-5H3/t22-/m1/s1. The molecule has 0 unspecified atom stereocenters. The van der Waals surface area contributed by atoms with Crippen LogP contribution in [-0.2, 0) is 16.4 Å². The molecule has 0 N–H and O–H groups in total. The van der Waals surface area contributed by atoms with Gasteiger partial charge in [0.2, 0.25) is 0 Å². The van der Waals surface area contributed by atoms with Crippen LogP contribution in [0.15, 0.2) is 22.6 Å². The Kier molecular flexibility index (Phi) is 4.26. The molecule has 1 aromatic carbocycles. The highest BCUT2D eigenvalue weighted by Gasteiger charge is 2.33. The molecule has 0 aliphatic heterocycles. The van der Waals surface area contributed by atoms with Crippen molar-refractivity contribution in [2.75, 3.05) is 0 Å². The molecule has 0 heterocycles. The summed E-state index contributed by atoms with van der Waals surface area (Å²) in [5, 5.41) is 11.0. The summed E-state index contributed by atoms with van der Waals surface area (Å²) in [6, 6.07) is 4.90. The summed E-state index contributed by atoms with van der Waals surface area (Å²) in [6.07, 6.45) is 1.57. The van der Waals surface area contributed by atoms with Gasteiger partial charge in [0.25, 0.3) is 5.69 Å². The van der Waals surface area contributed by atoms with Crippen LogP contribution in [0, 0.1) is 10.1 Å². The molecular weight excluding hydrogens is 300 g/mol. The van der Waals surface area contributed by atoms with Crippen molar-refractivity contribution >= 4 is 22.4 Å². The molecule has 0 saturated heterocycles. The normalized spacial score (nSPS) is 20.5. The number of hydrogen-bond acceptors (Lipinski definition) is 3. The van der Waals surface area contributed by atoms with Crippen LogP contribution in [0.5, 0.6) is 0 Å². The maximum atomic E-state index is 12.3. The fraction of sp³-hybridized carbons (Fsp3) is 0.562. The summed E-state index contributed by atoms with van der Waals surface area (Å²) in [6.45, 7) is 9.85. The minimum absolute atomic E-state index is 0.0469. The van der Waals surface area contributed by atoms with Gasteiger partial charge in [-0.3, -0.25) is 10.1 Å². The van der Waals surface area contributed by atoms with Gasteiger partial charge >= 0.3 is 0 Å². The van der Waals surface area contributed by atoms with Crippen molar-refractivity contribution in [1.82, 2.24) is 0 Å². The molecule has 0 amide bonds. The lowest BCUT2D eigenvalue weighted by Crippen LogP contribution is -2.29. The summed E-state index contributed by atoms with van der Waals surface area (Å²) >= 11 is 0. The van der Waals surface area contributed by atoms with E-state index in [2.05, 4.69) is 18.2 Å². The van der Waals surface area contributed by atoms with Crippen LogP contribution in [0.2, 0.25) is 0 Å². The summed E-state index contributed by atoms with van der Waals surface area (Å²) < 4.78 is 16.2. The lowest BCUT2D eigenvalue weighted by atomic mass is 9.72. The monoisotopic (exact) mass is 322 g/mol. The quantitative estimate of drug-likeness (QED) is 0.612. The number of benzene rings is 1. The van der Waals surface area contributed by atoms with Crippen molar-refractivity contribution in [3.63, 3.8) is 0 Å². The summed E-state index contributed by atoms with van der Waals surface area (Å²) in [4.78, 5) is 10.6. The van der Waals surface area contributed by atoms with Crippen LogP contribution in [0.3, 0.4) is 0 Å². The van der Waals surface area contributed by atoms with Gasteiger partial charge in [-0.2, -0.15) is 4.40 Å². The molecule has 0 saturated carbocycles. The van der Waals surface area contributed by atoms with Crippen LogP contribution < -0.4 is 0 Å². The van der Waals surface area contributed by atoms with Gasteiger partial charge in [0.15, 0.2) is 0 Å². The molecule has 0 fully saturated rings. The van der Waals surface area contributed by atoms with Crippen LogP contribution in [-0.4, -0.2) is 19.6 Å². The molecule has 0 bridgehead atoms. The second-order valence-electron chi connectivity index (χ2n) is 7.27. The third-order valence-electron chi connectivity index (χ3n) is 3.96. The zero-order valence-corrected chi connectivity index (χ0v) is 14.5. The first-order chi connectivity index (χ1) is 10.0. The Morgan fingerprint density at radius 3 is 2.50 bits per heavy atom. The molecule has 0 radical (unpaired) electrons. The molecule has 22 heavy (non-hydrogen) atoms. The van der Waals surface area contributed by atoms with Gasteiger partial charge in [0.1, 0.15) is 11.0 Å². The van der Waals surface area contributed by atoms with E-state index in [9.17, 15) is 14.3 Å². The Bertz CT molecular complexity index is 672. The van der Waals surface area contributed by atoms with Gasteiger partial charge in [-0.1, -0.05) is 19.9 Å². The summed E-state index contributed by atoms with van der Waals surface area (Å²) in [7, 11) is -1.37. The van der Waals surface area contributed by atoms with Crippen molar-refractivity contribution in [1.29, 1.82) is 0 Å². The molecule has 1 aliphatic rings. The number of nitrogens with zero attached hydrogens (tertiary/aromatic N) is 2. The van der Waals surface area contributed by atoms with Crippen LogP contribution >= 0.6 is 0 Å². The maximum absolute atomic E-state index is 12.3. The third kappa shape index (κ3) is 3.27. The van der Waals surface area contributed by atoms with E-state index in [1.807, 2.05) is 26.8 Å². The van der Waals surface area contributed by atoms with Gasteiger partial charge in [-0.25, -0.2) is 4.21 Å². The van der Waals surface area contributed by atoms with E-state index in [-0.39, 0.29) is 11.1 Å². The topological polar surface area (TPSA) is 72.6 Å². The van der Waals surface area contributed by atoms with Crippen molar-refractivity contribution in [3.8, 4) is 0 Å². The molecule has 2 rings (SSSR count). The van der Waals surface area contributed by atoms with Crippen molar-refractivity contribution in [2.24, 2.45) is 4.40 Å². The molecule has 0 spiro atoms. The van der Waals surface area contributed by atoms with Crippen LogP contribution in [0.4, 0.5) is 5.69 Å². The second kappa shape index (κ2) is 5.57. The van der Waals surface area contributed by atoms with E-state index in [0.29, 0.717) is 12.1 Å². The predicted molar refractivity (Wildman–Crippen MR) is 89.8 cm³/mol. The zero-order valence-electron chi connectivity index (χ0n) is 13.7. The highest BCUT2D eigenvalue weighted by atomic mass is 32.2. The average Bonchev–Trinajstić information content (AvgIpc) is 2.40. The third-order valence-corrected chi connectivity index (χ3v) is 5.39. The Morgan fingerprint density at radius 2 is 1.95 bits per heavy atom. The SMILES string of the molecule is CC1(C)CCC(=N[S@](=O)C(C)(C)C)c2cc([N+](=O)[O-])ccc21. The predicted octanol–water partition coefficient (Wildman–Crippen LogP) is 3.92. The van der Waals surface area contributed by atoms with Crippen molar-refractivity contribution in [2.45, 2.75) is 57.6 Å². The number of nitro benzene ring substituents is 1. The highest BCUT2D eigenvalue weighted by molar-refractivity contribution is 7.85. The van der Waals surface area contributed by atoms with Crippen molar-refractivity contribution in [3.05, 3.63) is 39.4 Å². The van der Waals surface area contributed by atoms with Gasteiger partial charge in [0, 0.05) is 17.7 Å². The molecule has 1 atom stereocenters. The molecule has 1 aliphatic carbocycles. The minimum atomic E-state index is -1.37. The van der Waals surface area contributed by atoms with Gasteiger partial charge in [-0.05, 0) is 44.6 Å². The lowest BCUT2D eigenvalue weighted by Gasteiger charge is -2.33. The van der Waals surface area contributed by atoms with E-state index in [1.165, 1.54) is 6.07 Å². The molecule has 5 nitrogen and oxygen atoms in total. The summed E-state index contributed by atoms with van der Waals surface area (Å²) in [5.41, 5.74) is 2.50. The van der Waals surface area contributed by atoms with E-state index >= 15 is 0 Å². The molecule has 6 heteroatoms. The van der Waals surface area contributed by atoms with Crippen LogP contribution in [0.1, 0.15) is 58.6 Å². The molecular formula is C16H22N2O3S. The number of rotatable bonds is 2. The maximum Gasteiger partial charge on any atom is 0.270 e. The smallest absolute Gasteiger partial charge is 0.258 e. The van der Waals surface area contributed by atoms with Crippen molar-refractivity contribution < 1.29 is 9.13 Å². The van der Waals surface area contributed by atoms with E-state index in [0.717, 1.165) is 17.5 Å². The molecule has 1 aromatic rings. The van der Waals surface area contributed by atoms with Gasteiger partial charge in [0.05, 0.1) is 15.4 Å². The van der Waals surface area contributed by atoms with E-state index in [1.54, 1.807) is 6.07 Å². The molecule has 0 aromatic heterocycles. The molecule has 120 valence electrons. The Morgan fingerprint density at radius 1 is 1.32 bits per heavy atom. The van der Waals surface area contributed by atoms with E-state index in [4.69, 9.17) is 0 Å². The summed E-state index contributed by atoms with van der Waals surface area (Å²) in [5.74, 6) is 0. The number of nitro groups is 1. The highest BCUT2D eigenvalue weighted by Crippen LogP contribution is 2.38. The fourth-order valence-corrected chi connectivity index (χ4v) is 3.17. The number of fused-ring (bicyclic) bond motifs is 1. The Labute approximate surface area is 133 Å². The Balaban J connectivity index is 2.58. The largest absolute Gasteiger partial charge is 0.270 e. The first-order valence-electron chi connectivity index (χ1n) is 7.31. The fourth-order valence-electron chi connectivity index (χ4n) is 2.51. The first kappa shape index (κ1) is 16.8. The number of hydrogen-bond donors (Lipinski definition) is 0. The first-order valence-corrected chi connectivity index (χ1v) is 8.42. The minimum Gasteiger partial charge on any atom is -0.258 e. The zero-order chi connectivity index (χ0) is 16.7. The van der Waals surface area contributed by atoms with Gasteiger partial charge in [-0.15, -0.1) is 0 Å². The Hall–Kier alpha value is -1.56. The van der Waals surface area contributed by atoms with Crippen LogP contribution in [0.25, 0.3) is 0 Å². The second-order valence-corrected chi connectivity index (χ2v) is 9.18. The van der Waals surface area contributed by atoms with E-state index < -0.39 is 20.7 Å². The average molecular weight is 322 g/mol. The number of non-ortho nitro benzene ring substituents is 1.